The molecule has 0 saturated carbocycles. The average molecular weight is 170 g/mol. The summed E-state index contributed by atoms with van der Waals surface area (Å²) in [5.41, 5.74) is 4.54. The quantitative estimate of drug-likeness (QED) is 0.583. The van der Waals surface area contributed by atoms with Gasteiger partial charge < -0.3 is 5.01 Å². The van der Waals surface area contributed by atoms with Crippen molar-refractivity contribution in [2.24, 2.45) is 0 Å². The van der Waals surface area contributed by atoms with E-state index in [1.54, 1.807) is 11.3 Å². The summed E-state index contributed by atoms with van der Waals surface area (Å²) >= 11 is 0. The average Bonchev–Trinajstić information content (AvgIpc) is 2.33. The summed E-state index contributed by atoms with van der Waals surface area (Å²) in [6.45, 7) is 2.37. The Bertz CT molecular complexity index is 477. The van der Waals surface area contributed by atoms with Crippen molar-refractivity contribution < 1.29 is 0 Å². The summed E-state index contributed by atoms with van der Waals surface area (Å²) in [6, 6.07) is 8.74. The van der Waals surface area contributed by atoms with Crippen molar-refractivity contribution in [2.75, 3.05) is 11.6 Å². The Morgan fingerprint density at radius 2 is 2.08 bits per heavy atom. The number of hydrogen-bond donors (Lipinski definition) is 0. The van der Waals surface area contributed by atoms with E-state index in [1.165, 1.54) is 30.4 Å². The predicted octanol–water partition coefficient (Wildman–Crippen LogP) is 1.65. The number of hydrogen-bond acceptors (Lipinski definition) is 1. The van der Waals surface area contributed by atoms with Crippen molar-refractivity contribution in [3.05, 3.63) is 35.5 Å². The topological polar surface area (TPSA) is 8.17 Å². The number of benzene rings is 1. The summed E-state index contributed by atoms with van der Waals surface area (Å²) in [7, 11) is 0. The van der Waals surface area contributed by atoms with Crippen LogP contribution in [0, 0.1) is 0 Å². The van der Waals surface area contributed by atoms with Gasteiger partial charge in [0.05, 0.1) is 17.8 Å². The van der Waals surface area contributed by atoms with Crippen LogP contribution in [0.5, 0.6) is 0 Å². The molecule has 0 amide bonds. The van der Waals surface area contributed by atoms with Crippen LogP contribution >= 0.6 is 0 Å². The fraction of sp³-hybridized carbons (Fsp3) is 0.273. The first kappa shape index (κ1) is 6.08. The minimum atomic E-state index is 1.17. The summed E-state index contributed by atoms with van der Waals surface area (Å²) in [5, 5.41) is 3.89. The molecule has 4 bridgehead atoms. The molecule has 13 heavy (non-hydrogen) atoms. The standard InChI is InChI=1S/C11H10N2/c1-2-4-10-8(3-1)9-5-6-12-7-11(9)13(10)12/h1-4H,5-7H2. The molecule has 4 rings (SSSR count). The molecule has 3 heterocycles. The molecule has 1 aromatic heterocycles. The first-order valence-electron chi connectivity index (χ1n) is 4.81. The van der Waals surface area contributed by atoms with Crippen molar-refractivity contribution in [3.63, 3.8) is 0 Å². The zero-order valence-electron chi connectivity index (χ0n) is 7.33. The molecule has 0 unspecified atom stereocenters. The van der Waals surface area contributed by atoms with Crippen LogP contribution in [0.3, 0.4) is 0 Å². The highest BCUT2D eigenvalue weighted by Gasteiger charge is 2.33. The van der Waals surface area contributed by atoms with Gasteiger partial charge in [-0.25, -0.2) is 0 Å². The van der Waals surface area contributed by atoms with Crippen molar-refractivity contribution in [2.45, 2.75) is 13.0 Å². The van der Waals surface area contributed by atoms with Crippen molar-refractivity contribution in [1.82, 2.24) is 4.68 Å². The normalized spacial score (nSPS) is 17.7. The van der Waals surface area contributed by atoms with Crippen molar-refractivity contribution in [1.29, 1.82) is 0 Å². The van der Waals surface area contributed by atoms with Crippen LogP contribution in [0.1, 0.15) is 11.3 Å². The van der Waals surface area contributed by atoms with E-state index in [2.05, 4.69) is 34.0 Å². The molecule has 2 aliphatic rings. The first-order valence-corrected chi connectivity index (χ1v) is 4.81. The molecule has 0 fully saturated rings. The number of rotatable bonds is 0. The lowest BCUT2D eigenvalue weighted by molar-refractivity contribution is 0.454. The minimum absolute atomic E-state index is 1.17. The summed E-state index contributed by atoms with van der Waals surface area (Å²) in [4.78, 5) is 0. The minimum Gasteiger partial charge on any atom is -0.306 e. The summed E-state index contributed by atoms with van der Waals surface area (Å²) in [6.07, 6.45) is 1.24. The van der Waals surface area contributed by atoms with Crippen LogP contribution in [0.25, 0.3) is 10.9 Å². The molecule has 0 spiro atoms. The van der Waals surface area contributed by atoms with Gasteiger partial charge in [0.2, 0.25) is 0 Å². The molecule has 0 radical (unpaired) electrons. The van der Waals surface area contributed by atoms with Crippen LogP contribution in [0.15, 0.2) is 24.3 Å². The second-order valence-corrected chi connectivity index (χ2v) is 3.89. The van der Waals surface area contributed by atoms with Crippen molar-refractivity contribution in [3.8, 4) is 0 Å². The molecule has 0 aliphatic carbocycles. The van der Waals surface area contributed by atoms with E-state index in [0.717, 1.165) is 0 Å². The van der Waals surface area contributed by atoms with Crippen LogP contribution < -0.4 is 5.01 Å². The van der Waals surface area contributed by atoms with E-state index in [0.29, 0.717) is 0 Å². The number of fused-ring (bicyclic) bond motifs is 2. The second kappa shape index (κ2) is 1.74. The molecule has 0 atom stereocenters. The molecule has 2 aliphatic heterocycles. The predicted molar refractivity (Wildman–Crippen MR) is 52.4 cm³/mol. The van der Waals surface area contributed by atoms with Gasteiger partial charge >= 0.3 is 0 Å². The third-order valence-corrected chi connectivity index (χ3v) is 3.30. The van der Waals surface area contributed by atoms with Gasteiger partial charge in [0.1, 0.15) is 0 Å². The Morgan fingerprint density at radius 1 is 1.15 bits per heavy atom. The van der Waals surface area contributed by atoms with E-state index in [4.69, 9.17) is 0 Å². The smallest absolute Gasteiger partial charge is 0.0770 e. The Kier molecular flexibility index (Phi) is 0.813. The fourth-order valence-corrected chi connectivity index (χ4v) is 2.69. The third-order valence-electron chi connectivity index (χ3n) is 3.30. The van der Waals surface area contributed by atoms with E-state index < -0.39 is 0 Å². The Morgan fingerprint density at radius 3 is 3.00 bits per heavy atom. The molecular formula is C11H10N2. The molecule has 0 saturated heterocycles. The largest absolute Gasteiger partial charge is 0.306 e. The third kappa shape index (κ3) is 0.520. The highest BCUT2D eigenvalue weighted by molar-refractivity contribution is 5.88. The number of nitrogens with zero attached hydrogens (tertiary/aromatic N) is 2. The number of aromatic nitrogens is 1. The van der Waals surface area contributed by atoms with E-state index in [-0.39, 0.29) is 0 Å². The van der Waals surface area contributed by atoms with Crippen LogP contribution in [-0.2, 0) is 13.0 Å². The van der Waals surface area contributed by atoms with Gasteiger partial charge in [-0.05, 0) is 18.1 Å². The Labute approximate surface area is 76.3 Å². The molecule has 64 valence electrons. The molecule has 1 aromatic carbocycles. The SMILES string of the molecule is c1ccc2c(c1)c1c3n2N(CC1)C3. The van der Waals surface area contributed by atoms with Gasteiger partial charge in [-0.2, -0.15) is 0 Å². The zero-order valence-corrected chi connectivity index (χ0v) is 7.33. The molecule has 0 N–H and O–H groups in total. The second-order valence-electron chi connectivity index (χ2n) is 3.89. The monoisotopic (exact) mass is 170 g/mol. The summed E-state index contributed by atoms with van der Waals surface area (Å²) in [5.74, 6) is 0. The van der Waals surface area contributed by atoms with Gasteiger partial charge in [-0.1, -0.05) is 18.2 Å². The maximum atomic E-state index is 2.42. The maximum absolute atomic E-state index is 2.42. The summed E-state index contributed by atoms with van der Waals surface area (Å²) < 4.78 is 2.38. The zero-order chi connectivity index (χ0) is 8.41. The van der Waals surface area contributed by atoms with Gasteiger partial charge in [0.15, 0.2) is 0 Å². The van der Waals surface area contributed by atoms with E-state index >= 15 is 0 Å². The van der Waals surface area contributed by atoms with Crippen LogP contribution in [0.2, 0.25) is 0 Å². The first-order chi connectivity index (χ1) is 6.45. The highest BCUT2D eigenvalue weighted by Crippen LogP contribution is 2.36. The van der Waals surface area contributed by atoms with E-state index in [9.17, 15) is 0 Å². The Balaban J connectivity index is 2.30. The highest BCUT2D eigenvalue weighted by atomic mass is 15.6. The molecule has 2 heteroatoms. The van der Waals surface area contributed by atoms with E-state index in [1.807, 2.05) is 0 Å². The van der Waals surface area contributed by atoms with Gasteiger partial charge in [-0.3, -0.25) is 4.68 Å². The van der Waals surface area contributed by atoms with Crippen LogP contribution in [-0.4, -0.2) is 11.2 Å². The van der Waals surface area contributed by atoms with Crippen LogP contribution in [0.4, 0.5) is 0 Å². The van der Waals surface area contributed by atoms with Gasteiger partial charge in [-0.15, -0.1) is 0 Å². The molecule has 2 aromatic rings. The van der Waals surface area contributed by atoms with Gasteiger partial charge in [0, 0.05) is 11.9 Å². The Hall–Kier alpha value is -1.44. The number of para-hydroxylation sites is 1. The lowest BCUT2D eigenvalue weighted by atomic mass is 10.0. The lowest BCUT2D eigenvalue weighted by Gasteiger charge is -2.41. The lowest BCUT2D eigenvalue weighted by Crippen LogP contribution is -2.49. The molecular weight excluding hydrogens is 160 g/mol. The van der Waals surface area contributed by atoms with Gasteiger partial charge in [0.25, 0.3) is 0 Å². The van der Waals surface area contributed by atoms with Crippen molar-refractivity contribution >= 4 is 10.9 Å². The fourth-order valence-electron chi connectivity index (χ4n) is 2.69. The molecule has 2 nitrogen and oxygen atoms in total. The maximum Gasteiger partial charge on any atom is 0.0770 e.